The van der Waals surface area contributed by atoms with E-state index in [1.807, 2.05) is 6.20 Å². The SMILES string of the molecule is CCCCc1ccc2[nH]cc(CCN=C(C)c3c(O)n(-c4ccc(OC)cc4)c(=O)[nH]c3=O)c2c1. The molecule has 4 aromatic rings. The van der Waals surface area contributed by atoms with E-state index in [9.17, 15) is 14.7 Å². The van der Waals surface area contributed by atoms with Crippen LogP contribution < -0.4 is 16.0 Å². The smallest absolute Gasteiger partial charge is 0.335 e. The Kier molecular flexibility index (Phi) is 7.19. The molecule has 0 aliphatic carbocycles. The molecule has 0 aliphatic rings. The Labute approximate surface area is 202 Å². The number of fused-ring (bicyclic) bond motifs is 1. The van der Waals surface area contributed by atoms with E-state index in [1.54, 1.807) is 31.2 Å². The van der Waals surface area contributed by atoms with Gasteiger partial charge in [0, 0.05) is 29.4 Å². The van der Waals surface area contributed by atoms with Gasteiger partial charge >= 0.3 is 5.69 Å². The number of hydrogen-bond donors (Lipinski definition) is 3. The van der Waals surface area contributed by atoms with Gasteiger partial charge in [-0.05, 0) is 73.7 Å². The van der Waals surface area contributed by atoms with Crippen LogP contribution in [0.1, 0.15) is 43.4 Å². The van der Waals surface area contributed by atoms with Crippen molar-refractivity contribution >= 4 is 16.6 Å². The summed E-state index contributed by atoms with van der Waals surface area (Å²) >= 11 is 0. The third-order valence-corrected chi connectivity index (χ3v) is 6.16. The molecule has 182 valence electrons. The number of aliphatic imine (C=N–C) groups is 1. The molecule has 0 fully saturated rings. The number of aromatic nitrogens is 3. The maximum absolute atomic E-state index is 12.5. The minimum Gasteiger partial charge on any atom is -0.497 e. The number of ether oxygens (including phenoxy) is 1. The molecule has 0 atom stereocenters. The Hall–Kier alpha value is -4.07. The van der Waals surface area contributed by atoms with E-state index in [2.05, 4.69) is 40.1 Å². The van der Waals surface area contributed by atoms with Crippen molar-refractivity contribution in [2.24, 2.45) is 4.99 Å². The second kappa shape index (κ2) is 10.5. The highest BCUT2D eigenvalue weighted by Gasteiger charge is 2.18. The van der Waals surface area contributed by atoms with Gasteiger partial charge in [0.15, 0.2) is 0 Å². The minimum absolute atomic E-state index is 0.0267. The number of H-pyrrole nitrogens is 2. The fourth-order valence-electron chi connectivity index (χ4n) is 4.21. The standard InChI is InChI=1S/C27H30N4O4/c1-4-5-6-18-7-12-23-22(15-18)19(16-29-23)13-14-28-17(2)24-25(32)30-27(34)31(26(24)33)20-8-10-21(35-3)11-9-20/h7-12,15-16,29,33H,4-6,13-14H2,1-3H3,(H,30,32,34). The Morgan fingerprint density at radius 1 is 1.11 bits per heavy atom. The summed E-state index contributed by atoms with van der Waals surface area (Å²) in [5.41, 5.74) is 2.87. The van der Waals surface area contributed by atoms with Crippen LogP contribution in [0, 0.1) is 0 Å². The van der Waals surface area contributed by atoms with Crippen molar-refractivity contribution in [2.75, 3.05) is 13.7 Å². The summed E-state index contributed by atoms with van der Waals surface area (Å²) in [5.74, 6) is 0.163. The molecular weight excluding hydrogens is 444 g/mol. The summed E-state index contributed by atoms with van der Waals surface area (Å²) in [7, 11) is 1.54. The first kappa shape index (κ1) is 24.1. The van der Waals surface area contributed by atoms with Crippen molar-refractivity contribution in [3.8, 4) is 17.3 Å². The number of hydrogen-bond acceptors (Lipinski definition) is 5. The zero-order valence-electron chi connectivity index (χ0n) is 20.2. The Balaban J connectivity index is 1.59. The third kappa shape index (κ3) is 5.06. The van der Waals surface area contributed by atoms with E-state index in [4.69, 9.17) is 4.74 Å². The highest BCUT2D eigenvalue weighted by atomic mass is 16.5. The number of rotatable bonds is 9. The van der Waals surface area contributed by atoms with Crippen molar-refractivity contribution in [2.45, 2.75) is 39.5 Å². The van der Waals surface area contributed by atoms with Crippen LogP contribution in [-0.4, -0.2) is 39.0 Å². The summed E-state index contributed by atoms with van der Waals surface area (Å²) in [6.07, 6.45) is 6.04. The molecule has 2 aromatic carbocycles. The molecule has 0 aliphatic heterocycles. The van der Waals surface area contributed by atoms with Gasteiger partial charge in [0.2, 0.25) is 5.88 Å². The van der Waals surface area contributed by atoms with Gasteiger partial charge in [0.05, 0.1) is 12.8 Å². The second-order valence-corrected chi connectivity index (χ2v) is 8.51. The molecule has 0 radical (unpaired) electrons. The molecule has 0 bridgehead atoms. The van der Waals surface area contributed by atoms with Gasteiger partial charge in [0.1, 0.15) is 11.3 Å². The van der Waals surface area contributed by atoms with Crippen molar-refractivity contribution in [3.63, 3.8) is 0 Å². The average Bonchev–Trinajstić information content (AvgIpc) is 3.25. The number of aromatic hydroxyl groups is 1. The van der Waals surface area contributed by atoms with E-state index in [0.29, 0.717) is 30.1 Å². The molecule has 35 heavy (non-hydrogen) atoms. The third-order valence-electron chi connectivity index (χ3n) is 6.16. The van der Waals surface area contributed by atoms with Gasteiger partial charge in [0.25, 0.3) is 5.56 Å². The Morgan fingerprint density at radius 2 is 1.89 bits per heavy atom. The lowest BCUT2D eigenvalue weighted by molar-refractivity contribution is 0.414. The summed E-state index contributed by atoms with van der Waals surface area (Å²) in [4.78, 5) is 35.1. The Morgan fingerprint density at radius 3 is 2.60 bits per heavy atom. The monoisotopic (exact) mass is 474 g/mol. The predicted molar refractivity (Wildman–Crippen MR) is 139 cm³/mol. The summed E-state index contributed by atoms with van der Waals surface area (Å²) in [6, 6.07) is 13.1. The average molecular weight is 475 g/mol. The summed E-state index contributed by atoms with van der Waals surface area (Å²) in [6.45, 7) is 4.27. The van der Waals surface area contributed by atoms with E-state index in [1.165, 1.54) is 18.1 Å². The lowest BCUT2D eigenvalue weighted by Crippen LogP contribution is -2.32. The molecule has 2 heterocycles. The van der Waals surface area contributed by atoms with Gasteiger partial charge in [-0.2, -0.15) is 0 Å². The number of benzene rings is 2. The van der Waals surface area contributed by atoms with Crippen LogP contribution in [0.4, 0.5) is 0 Å². The second-order valence-electron chi connectivity index (χ2n) is 8.51. The van der Waals surface area contributed by atoms with E-state index < -0.39 is 17.1 Å². The molecule has 3 N–H and O–H groups in total. The molecule has 0 saturated heterocycles. The fraction of sp³-hybridized carbons (Fsp3) is 0.296. The zero-order valence-corrected chi connectivity index (χ0v) is 20.2. The van der Waals surface area contributed by atoms with Gasteiger partial charge in [-0.25, -0.2) is 9.36 Å². The normalized spacial score (nSPS) is 11.8. The molecule has 2 aromatic heterocycles. The minimum atomic E-state index is -0.730. The molecule has 0 unspecified atom stereocenters. The van der Waals surface area contributed by atoms with Crippen LogP contribution in [0.2, 0.25) is 0 Å². The molecule has 4 rings (SSSR count). The van der Waals surface area contributed by atoms with Crippen molar-refractivity contribution in [1.29, 1.82) is 0 Å². The van der Waals surface area contributed by atoms with Crippen LogP contribution in [0.15, 0.2) is 63.2 Å². The van der Waals surface area contributed by atoms with Crippen molar-refractivity contribution in [1.82, 2.24) is 14.5 Å². The van der Waals surface area contributed by atoms with Crippen LogP contribution in [0.25, 0.3) is 16.6 Å². The van der Waals surface area contributed by atoms with Gasteiger partial charge in [-0.3, -0.25) is 14.8 Å². The molecule has 0 amide bonds. The van der Waals surface area contributed by atoms with E-state index >= 15 is 0 Å². The zero-order chi connectivity index (χ0) is 24.9. The van der Waals surface area contributed by atoms with Crippen molar-refractivity contribution in [3.05, 3.63) is 86.2 Å². The lowest BCUT2D eigenvalue weighted by Gasteiger charge is -2.12. The highest BCUT2D eigenvalue weighted by Crippen LogP contribution is 2.22. The van der Waals surface area contributed by atoms with Crippen LogP contribution in [0.5, 0.6) is 11.6 Å². The highest BCUT2D eigenvalue weighted by molar-refractivity contribution is 6.00. The first-order valence-electron chi connectivity index (χ1n) is 11.8. The number of unbranched alkanes of at least 4 members (excludes halogenated alkanes) is 1. The maximum Gasteiger partial charge on any atom is 0.335 e. The van der Waals surface area contributed by atoms with Crippen LogP contribution in [0.3, 0.4) is 0 Å². The largest absolute Gasteiger partial charge is 0.497 e. The van der Waals surface area contributed by atoms with Gasteiger partial charge in [-0.15, -0.1) is 0 Å². The van der Waals surface area contributed by atoms with E-state index in [0.717, 1.165) is 34.9 Å². The summed E-state index contributed by atoms with van der Waals surface area (Å²) in [5, 5.41) is 12.0. The predicted octanol–water partition coefficient (Wildman–Crippen LogP) is 4.12. The number of methoxy groups -OCH3 is 1. The molecule has 0 spiro atoms. The van der Waals surface area contributed by atoms with Crippen LogP contribution in [-0.2, 0) is 12.8 Å². The quantitative estimate of drug-likeness (QED) is 0.317. The molecule has 8 nitrogen and oxygen atoms in total. The van der Waals surface area contributed by atoms with Crippen LogP contribution >= 0.6 is 0 Å². The number of nitrogens with zero attached hydrogens (tertiary/aromatic N) is 2. The Bertz CT molecular complexity index is 1480. The number of aryl methyl sites for hydroxylation is 1. The molecule has 8 heteroatoms. The lowest BCUT2D eigenvalue weighted by atomic mass is 10.0. The summed E-state index contributed by atoms with van der Waals surface area (Å²) < 4.78 is 6.19. The fourth-order valence-corrected chi connectivity index (χ4v) is 4.21. The maximum atomic E-state index is 12.5. The topological polar surface area (TPSA) is 112 Å². The van der Waals surface area contributed by atoms with Crippen molar-refractivity contribution < 1.29 is 9.84 Å². The van der Waals surface area contributed by atoms with Gasteiger partial charge in [-0.1, -0.05) is 19.4 Å². The first-order valence-corrected chi connectivity index (χ1v) is 11.8. The first-order chi connectivity index (χ1) is 16.9. The van der Waals surface area contributed by atoms with E-state index in [-0.39, 0.29) is 5.56 Å². The molecular formula is C27H30N4O4. The molecule has 0 saturated carbocycles. The number of nitrogens with one attached hydrogen (secondary N) is 2. The number of aromatic amines is 2. The van der Waals surface area contributed by atoms with Gasteiger partial charge < -0.3 is 14.8 Å².